The SMILES string of the molecule is CN(C)CCn1ccnc1NC1CCCC1. The molecule has 16 heavy (non-hydrogen) atoms. The average Bonchev–Trinajstić information content (AvgIpc) is 2.87. The fourth-order valence-electron chi connectivity index (χ4n) is 2.19. The van der Waals surface area contributed by atoms with Crippen LogP contribution in [0.2, 0.25) is 0 Å². The van der Waals surface area contributed by atoms with Crippen LogP contribution in [0.15, 0.2) is 12.4 Å². The van der Waals surface area contributed by atoms with Crippen LogP contribution in [0.3, 0.4) is 0 Å². The number of anilines is 1. The van der Waals surface area contributed by atoms with E-state index in [9.17, 15) is 0 Å². The zero-order valence-electron chi connectivity index (χ0n) is 10.3. The van der Waals surface area contributed by atoms with E-state index in [1.807, 2.05) is 6.20 Å². The minimum absolute atomic E-state index is 0.639. The molecule has 2 rings (SSSR count). The zero-order valence-corrected chi connectivity index (χ0v) is 10.3. The second kappa shape index (κ2) is 5.34. The number of hydrogen-bond donors (Lipinski definition) is 1. The van der Waals surface area contributed by atoms with E-state index in [1.54, 1.807) is 0 Å². The van der Waals surface area contributed by atoms with Crippen LogP contribution in [0.4, 0.5) is 5.95 Å². The maximum Gasteiger partial charge on any atom is 0.203 e. The molecule has 0 radical (unpaired) electrons. The van der Waals surface area contributed by atoms with Crippen molar-refractivity contribution >= 4 is 5.95 Å². The molecule has 1 N–H and O–H groups in total. The van der Waals surface area contributed by atoms with Gasteiger partial charge in [-0.15, -0.1) is 0 Å². The van der Waals surface area contributed by atoms with Gasteiger partial charge < -0.3 is 14.8 Å². The smallest absolute Gasteiger partial charge is 0.203 e. The van der Waals surface area contributed by atoms with E-state index in [2.05, 4.69) is 40.1 Å². The summed E-state index contributed by atoms with van der Waals surface area (Å²) in [6.45, 7) is 2.05. The Bertz CT molecular complexity index is 313. The highest BCUT2D eigenvalue weighted by Crippen LogP contribution is 2.21. The van der Waals surface area contributed by atoms with Crippen molar-refractivity contribution in [3.05, 3.63) is 12.4 Å². The summed E-state index contributed by atoms with van der Waals surface area (Å²) >= 11 is 0. The van der Waals surface area contributed by atoms with Crippen LogP contribution in [0, 0.1) is 0 Å². The molecule has 0 aromatic carbocycles. The van der Waals surface area contributed by atoms with Gasteiger partial charge in [0.1, 0.15) is 0 Å². The third kappa shape index (κ3) is 2.98. The molecule has 1 heterocycles. The predicted octanol–water partition coefficient (Wildman–Crippen LogP) is 1.80. The summed E-state index contributed by atoms with van der Waals surface area (Å²) in [4.78, 5) is 6.58. The number of nitrogens with zero attached hydrogens (tertiary/aromatic N) is 3. The van der Waals surface area contributed by atoms with Gasteiger partial charge >= 0.3 is 0 Å². The molecule has 0 bridgehead atoms. The second-order valence-electron chi connectivity index (χ2n) is 4.87. The number of imidazole rings is 1. The normalized spacial score (nSPS) is 17.2. The lowest BCUT2D eigenvalue weighted by Gasteiger charge is -2.16. The van der Waals surface area contributed by atoms with Gasteiger partial charge in [0.25, 0.3) is 0 Å². The molecule has 1 aromatic rings. The van der Waals surface area contributed by atoms with Crippen LogP contribution >= 0.6 is 0 Å². The molecular formula is C12H22N4. The van der Waals surface area contributed by atoms with Crippen molar-refractivity contribution in [2.75, 3.05) is 26.0 Å². The topological polar surface area (TPSA) is 33.1 Å². The first-order chi connectivity index (χ1) is 7.75. The van der Waals surface area contributed by atoms with Crippen LogP contribution in [0.25, 0.3) is 0 Å². The molecular weight excluding hydrogens is 200 g/mol. The van der Waals surface area contributed by atoms with Crippen molar-refractivity contribution in [1.82, 2.24) is 14.5 Å². The fourth-order valence-corrected chi connectivity index (χ4v) is 2.19. The van der Waals surface area contributed by atoms with Crippen LogP contribution in [-0.2, 0) is 6.54 Å². The van der Waals surface area contributed by atoms with E-state index in [0.29, 0.717) is 6.04 Å². The summed E-state index contributed by atoms with van der Waals surface area (Å²) < 4.78 is 2.21. The van der Waals surface area contributed by atoms with Gasteiger partial charge in [-0.1, -0.05) is 12.8 Å². The molecule has 1 saturated carbocycles. The van der Waals surface area contributed by atoms with Crippen molar-refractivity contribution < 1.29 is 0 Å². The molecule has 0 atom stereocenters. The lowest BCUT2D eigenvalue weighted by Crippen LogP contribution is -2.22. The summed E-state index contributed by atoms with van der Waals surface area (Å²) in [6, 6.07) is 0.639. The first kappa shape index (κ1) is 11.5. The lowest BCUT2D eigenvalue weighted by molar-refractivity contribution is 0.384. The van der Waals surface area contributed by atoms with E-state index < -0.39 is 0 Å². The van der Waals surface area contributed by atoms with E-state index in [1.165, 1.54) is 25.7 Å². The van der Waals surface area contributed by atoms with E-state index in [0.717, 1.165) is 19.0 Å². The minimum Gasteiger partial charge on any atom is -0.353 e. The van der Waals surface area contributed by atoms with Crippen molar-refractivity contribution in [3.8, 4) is 0 Å². The molecule has 4 nitrogen and oxygen atoms in total. The average molecular weight is 222 g/mol. The third-order valence-corrected chi connectivity index (χ3v) is 3.19. The molecule has 1 aliphatic carbocycles. The molecule has 0 amide bonds. The van der Waals surface area contributed by atoms with E-state index in [4.69, 9.17) is 0 Å². The summed E-state index contributed by atoms with van der Waals surface area (Å²) in [5.41, 5.74) is 0. The highest BCUT2D eigenvalue weighted by Gasteiger charge is 2.16. The predicted molar refractivity (Wildman–Crippen MR) is 66.7 cm³/mol. The Kier molecular flexibility index (Phi) is 3.83. The Balaban J connectivity index is 1.90. The Morgan fingerprint density at radius 3 is 2.88 bits per heavy atom. The largest absolute Gasteiger partial charge is 0.353 e. The summed E-state index contributed by atoms with van der Waals surface area (Å²) in [6.07, 6.45) is 9.24. The Morgan fingerprint density at radius 2 is 2.19 bits per heavy atom. The van der Waals surface area contributed by atoms with Crippen LogP contribution in [0.1, 0.15) is 25.7 Å². The lowest BCUT2D eigenvalue weighted by atomic mass is 10.2. The van der Waals surface area contributed by atoms with Crippen LogP contribution in [0.5, 0.6) is 0 Å². The summed E-state index contributed by atoms with van der Waals surface area (Å²) in [7, 11) is 4.20. The quantitative estimate of drug-likeness (QED) is 0.824. The summed E-state index contributed by atoms with van der Waals surface area (Å²) in [5, 5.41) is 3.55. The van der Waals surface area contributed by atoms with Gasteiger partial charge in [0, 0.05) is 31.5 Å². The maximum absolute atomic E-state index is 4.39. The van der Waals surface area contributed by atoms with Crippen molar-refractivity contribution in [3.63, 3.8) is 0 Å². The Hall–Kier alpha value is -1.03. The molecule has 1 fully saturated rings. The van der Waals surface area contributed by atoms with Crippen LogP contribution in [-0.4, -0.2) is 41.1 Å². The standard InChI is InChI=1S/C12H22N4/c1-15(2)9-10-16-8-7-13-12(16)14-11-5-3-4-6-11/h7-8,11H,3-6,9-10H2,1-2H3,(H,13,14). The Morgan fingerprint density at radius 1 is 1.44 bits per heavy atom. The van der Waals surface area contributed by atoms with Gasteiger partial charge in [-0.3, -0.25) is 0 Å². The molecule has 90 valence electrons. The second-order valence-corrected chi connectivity index (χ2v) is 4.87. The van der Waals surface area contributed by atoms with Gasteiger partial charge in [-0.05, 0) is 26.9 Å². The number of rotatable bonds is 5. The van der Waals surface area contributed by atoms with Gasteiger partial charge in [0.05, 0.1) is 0 Å². The Labute approximate surface area is 97.7 Å². The van der Waals surface area contributed by atoms with Gasteiger partial charge in [-0.25, -0.2) is 4.98 Å². The van der Waals surface area contributed by atoms with Crippen molar-refractivity contribution in [2.45, 2.75) is 38.3 Å². The first-order valence-electron chi connectivity index (χ1n) is 6.18. The van der Waals surface area contributed by atoms with Crippen molar-refractivity contribution in [1.29, 1.82) is 0 Å². The van der Waals surface area contributed by atoms with E-state index >= 15 is 0 Å². The molecule has 0 aliphatic heterocycles. The number of aromatic nitrogens is 2. The van der Waals surface area contributed by atoms with Gasteiger partial charge in [0.15, 0.2) is 0 Å². The first-order valence-corrected chi connectivity index (χ1v) is 6.18. The number of likely N-dealkylation sites (N-methyl/N-ethyl adjacent to an activating group) is 1. The van der Waals surface area contributed by atoms with Crippen LogP contribution < -0.4 is 5.32 Å². The highest BCUT2D eigenvalue weighted by molar-refractivity contribution is 5.27. The molecule has 1 aliphatic rings. The van der Waals surface area contributed by atoms with Crippen molar-refractivity contribution in [2.24, 2.45) is 0 Å². The monoisotopic (exact) mass is 222 g/mol. The van der Waals surface area contributed by atoms with E-state index in [-0.39, 0.29) is 0 Å². The summed E-state index contributed by atoms with van der Waals surface area (Å²) in [5.74, 6) is 1.04. The molecule has 4 heteroatoms. The third-order valence-electron chi connectivity index (χ3n) is 3.19. The minimum atomic E-state index is 0.639. The number of nitrogens with one attached hydrogen (secondary N) is 1. The molecule has 1 aromatic heterocycles. The molecule has 0 spiro atoms. The van der Waals surface area contributed by atoms with Gasteiger partial charge in [0.2, 0.25) is 5.95 Å². The molecule has 0 saturated heterocycles. The maximum atomic E-state index is 4.39. The zero-order chi connectivity index (χ0) is 11.4. The molecule has 0 unspecified atom stereocenters. The fraction of sp³-hybridized carbons (Fsp3) is 0.750. The highest BCUT2D eigenvalue weighted by atomic mass is 15.2. The number of hydrogen-bond acceptors (Lipinski definition) is 3. The van der Waals surface area contributed by atoms with Gasteiger partial charge in [-0.2, -0.15) is 0 Å².